The maximum Gasteiger partial charge on any atom is 0.250 e. The number of hydrogen-bond acceptors (Lipinski definition) is 4. The third kappa shape index (κ3) is 4.82. The number of methoxy groups -OCH3 is 2. The summed E-state index contributed by atoms with van der Waals surface area (Å²) >= 11 is 5.14. The zero-order valence-electron chi connectivity index (χ0n) is 13.4. The van der Waals surface area contributed by atoms with Crippen molar-refractivity contribution in [2.45, 2.75) is 0 Å². The summed E-state index contributed by atoms with van der Waals surface area (Å²) in [6.07, 6.45) is 3.06. The van der Waals surface area contributed by atoms with Crippen LogP contribution in [-0.2, 0) is 4.79 Å². The lowest BCUT2D eigenvalue weighted by Gasteiger charge is -2.11. The Hall–Kier alpha value is -2.86. The summed E-state index contributed by atoms with van der Waals surface area (Å²) < 4.78 is 10.4. The van der Waals surface area contributed by atoms with Gasteiger partial charge in [-0.15, -0.1) is 0 Å². The van der Waals surface area contributed by atoms with Gasteiger partial charge in [-0.1, -0.05) is 30.3 Å². The van der Waals surface area contributed by atoms with E-state index in [1.54, 1.807) is 26.4 Å². The molecule has 0 unspecified atom stereocenters. The van der Waals surface area contributed by atoms with E-state index in [-0.39, 0.29) is 11.0 Å². The van der Waals surface area contributed by atoms with E-state index in [1.165, 1.54) is 6.08 Å². The molecule has 24 heavy (non-hydrogen) atoms. The SMILES string of the molecule is COc1ccccc1/C=C\C(=O)NC(=S)Nc1ccccc1OC. The number of rotatable bonds is 5. The molecular weight excluding hydrogens is 324 g/mol. The van der Waals surface area contributed by atoms with Crippen LogP contribution in [-0.4, -0.2) is 25.2 Å². The van der Waals surface area contributed by atoms with Gasteiger partial charge < -0.3 is 14.8 Å². The first kappa shape index (κ1) is 17.5. The van der Waals surface area contributed by atoms with E-state index in [4.69, 9.17) is 21.7 Å². The lowest BCUT2D eigenvalue weighted by atomic mass is 10.2. The van der Waals surface area contributed by atoms with E-state index >= 15 is 0 Å². The number of para-hydroxylation sites is 3. The van der Waals surface area contributed by atoms with Crippen LogP contribution in [0.15, 0.2) is 54.6 Å². The summed E-state index contributed by atoms with van der Waals surface area (Å²) in [5.41, 5.74) is 1.48. The molecule has 0 heterocycles. The molecule has 124 valence electrons. The monoisotopic (exact) mass is 342 g/mol. The quantitative estimate of drug-likeness (QED) is 0.645. The number of nitrogens with one attached hydrogen (secondary N) is 2. The highest BCUT2D eigenvalue weighted by molar-refractivity contribution is 7.80. The normalized spacial score (nSPS) is 10.2. The van der Waals surface area contributed by atoms with Crippen molar-refractivity contribution < 1.29 is 14.3 Å². The van der Waals surface area contributed by atoms with Crippen molar-refractivity contribution in [2.75, 3.05) is 19.5 Å². The van der Waals surface area contributed by atoms with Crippen LogP contribution in [0.25, 0.3) is 6.08 Å². The number of amides is 1. The van der Waals surface area contributed by atoms with Crippen LogP contribution in [0.4, 0.5) is 5.69 Å². The molecule has 0 bridgehead atoms. The Morgan fingerprint density at radius 3 is 2.33 bits per heavy atom. The van der Waals surface area contributed by atoms with Gasteiger partial charge >= 0.3 is 0 Å². The van der Waals surface area contributed by atoms with Crippen LogP contribution >= 0.6 is 12.2 Å². The smallest absolute Gasteiger partial charge is 0.250 e. The van der Waals surface area contributed by atoms with Gasteiger partial charge in [-0.3, -0.25) is 10.1 Å². The van der Waals surface area contributed by atoms with Gasteiger partial charge in [-0.2, -0.15) is 0 Å². The minimum atomic E-state index is -0.340. The molecule has 0 saturated carbocycles. The molecule has 0 spiro atoms. The topological polar surface area (TPSA) is 59.6 Å². The first-order chi connectivity index (χ1) is 11.6. The summed E-state index contributed by atoms with van der Waals surface area (Å²) in [6.45, 7) is 0. The lowest BCUT2D eigenvalue weighted by molar-refractivity contribution is -0.115. The number of benzene rings is 2. The van der Waals surface area contributed by atoms with Gasteiger partial charge in [-0.05, 0) is 36.5 Å². The van der Waals surface area contributed by atoms with Crippen LogP contribution < -0.4 is 20.1 Å². The Bertz CT molecular complexity index is 759. The largest absolute Gasteiger partial charge is 0.496 e. The highest BCUT2D eigenvalue weighted by atomic mass is 32.1. The summed E-state index contributed by atoms with van der Waals surface area (Å²) in [7, 11) is 3.15. The van der Waals surface area contributed by atoms with Crippen LogP contribution in [0.2, 0.25) is 0 Å². The molecule has 0 aliphatic carbocycles. The molecule has 6 heteroatoms. The van der Waals surface area contributed by atoms with Gasteiger partial charge in [0, 0.05) is 11.6 Å². The van der Waals surface area contributed by atoms with Gasteiger partial charge in [0.05, 0.1) is 19.9 Å². The van der Waals surface area contributed by atoms with E-state index in [1.807, 2.05) is 42.5 Å². The van der Waals surface area contributed by atoms with Gasteiger partial charge in [0.15, 0.2) is 5.11 Å². The number of carbonyl (C=O) groups excluding carboxylic acids is 1. The van der Waals surface area contributed by atoms with E-state index in [9.17, 15) is 4.79 Å². The second kappa shape index (κ2) is 8.69. The number of carbonyl (C=O) groups is 1. The molecule has 0 aliphatic heterocycles. The molecule has 2 N–H and O–H groups in total. The van der Waals surface area contributed by atoms with E-state index < -0.39 is 0 Å². The van der Waals surface area contributed by atoms with Crippen LogP contribution in [0.3, 0.4) is 0 Å². The number of anilines is 1. The molecule has 0 aliphatic rings. The van der Waals surface area contributed by atoms with Gasteiger partial charge in [0.25, 0.3) is 0 Å². The van der Waals surface area contributed by atoms with Gasteiger partial charge in [-0.25, -0.2) is 0 Å². The summed E-state index contributed by atoms with van der Waals surface area (Å²) in [5, 5.41) is 5.70. The average molecular weight is 342 g/mol. The molecule has 1 amide bonds. The maximum atomic E-state index is 12.0. The standard InChI is InChI=1S/C18H18N2O3S/c1-22-15-9-5-3-7-13(15)11-12-17(21)20-18(24)19-14-8-4-6-10-16(14)23-2/h3-12H,1-2H3,(H2,19,20,21,24)/b12-11-. The Morgan fingerprint density at radius 1 is 1.00 bits per heavy atom. The van der Waals surface area contributed by atoms with Crippen LogP contribution in [0.5, 0.6) is 11.5 Å². The predicted molar refractivity (Wildman–Crippen MR) is 99.4 cm³/mol. The van der Waals surface area contributed by atoms with Crippen molar-refractivity contribution in [1.82, 2.24) is 5.32 Å². The Kier molecular flexibility index (Phi) is 6.33. The molecule has 0 aromatic heterocycles. The van der Waals surface area contributed by atoms with Crippen molar-refractivity contribution in [3.05, 3.63) is 60.2 Å². The Balaban J connectivity index is 1.96. The van der Waals surface area contributed by atoms with Crippen molar-refractivity contribution >= 4 is 35.0 Å². The fraction of sp³-hybridized carbons (Fsp3) is 0.111. The van der Waals surface area contributed by atoms with Gasteiger partial charge in [0.2, 0.25) is 5.91 Å². The molecule has 0 saturated heterocycles. The van der Waals surface area contributed by atoms with Gasteiger partial charge in [0.1, 0.15) is 11.5 Å². The number of thiocarbonyl (C=S) groups is 1. The predicted octanol–water partition coefficient (Wildman–Crippen LogP) is 3.23. The minimum Gasteiger partial charge on any atom is -0.496 e. The fourth-order valence-corrected chi connectivity index (χ4v) is 2.24. The summed E-state index contributed by atoms with van der Waals surface area (Å²) in [4.78, 5) is 12.0. The maximum absolute atomic E-state index is 12.0. The average Bonchev–Trinajstić information content (AvgIpc) is 2.60. The third-order valence-electron chi connectivity index (χ3n) is 3.15. The summed E-state index contributed by atoms with van der Waals surface area (Å²) in [6, 6.07) is 14.7. The van der Waals surface area contributed by atoms with E-state index in [2.05, 4.69) is 10.6 Å². The highest BCUT2D eigenvalue weighted by Crippen LogP contribution is 2.22. The molecule has 5 nitrogen and oxygen atoms in total. The number of ether oxygens (including phenoxy) is 2. The molecule has 0 atom stereocenters. The number of hydrogen-bond donors (Lipinski definition) is 2. The molecule has 2 aromatic carbocycles. The zero-order valence-corrected chi connectivity index (χ0v) is 14.2. The molecular formula is C18H18N2O3S. The second-order valence-corrected chi connectivity index (χ2v) is 5.13. The Labute approximate surface area is 146 Å². The molecule has 2 rings (SSSR count). The van der Waals surface area contributed by atoms with Crippen LogP contribution in [0.1, 0.15) is 5.56 Å². The van der Waals surface area contributed by atoms with E-state index in [0.29, 0.717) is 17.2 Å². The highest BCUT2D eigenvalue weighted by Gasteiger charge is 2.06. The fourth-order valence-electron chi connectivity index (χ4n) is 2.02. The first-order valence-electron chi connectivity index (χ1n) is 7.20. The van der Waals surface area contributed by atoms with Crippen molar-refractivity contribution in [3.8, 4) is 11.5 Å². The van der Waals surface area contributed by atoms with Crippen LogP contribution in [0, 0.1) is 0 Å². The van der Waals surface area contributed by atoms with Crippen molar-refractivity contribution in [2.24, 2.45) is 0 Å². The van der Waals surface area contributed by atoms with Crippen molar-refractivity contribution in [3.63, 3.8) is 0 Å². The third-order valence-corrected chi connectivity index (χ3v) is 3.35. The zero-order chi connectivity index (χ0) is 17.4. The molecule has 2 aromatic rings. The molecule has 0 radical (unpaired) electrons. The van der Waals surface area contributed by atoms with E-state index in [0.717, 1.165) is 5.56 Å². The minimum absolute atomic E-state index is 0.189. The Morgan fingerprint density at radius 2 is 1.62 bits per heavy atom. The first-order valence-corrected chi connectivity index (χ1v) is 7.61. The van der Waals surface area contributed by atoms with Crippen molar-refractivity contribution in [1.29, 1.82) is 0 Å². The lowest BCUT2D eigenvalue weighted by Crippen LogP contribution is -2.32. The second-order valence-electron chi connectivity index (χ2n) is 4.72. The summed E-state index contributed by atoms with van der Waals surface area (Å²) in [5.74, 6) is 0.989. The molecule has 0 fully saturated rings.